The molecule has 0 aliphatic carbocycles. The van der Waals surface area contributed by atoms with Crippen LogP contribution in [0.1, 0.15) is 41.4 Å². The number of carboxylic acid groups (broad SMARTS) is 1. The van der Waals surface area contributed by atoms with Gasteiger partial charge in [-0.3, -0.25) is 33.7 Å². The van der Waals surface area contributed by atoms with Crippen LogP contribution in [0.2, 0.25) is 0 Å². The summed E-state index contributed by atoms with van der Waals surface area (Å²) >= 11 is 0. The third kappa shape index (κ3) is 3.33. The number of rotatable bonds is 7. The van der Waals surface area contributed by atoms with E-state index >= 15 is 0 Å². The summed E-state index contributed by atoms with van der Waals surface area (Å²) in [6, 6.07) is 1.98. The van der Waals surface area contributed by atoms with Crippen molar-refractivity contribution in [1.29, 1.82) is 0 Å². The van der Waals surface area contributed by atoms with Crippen LogP contribution in [0, 0.1) is 10.1 Å². The highest BCUT2D eigenvalue weighted by Crippen LogP contribution is 2.26. The van der Waals surface area contributed by atoms with Crippen molar-refractivity contribution in [2.75, 3.05) is 20.3 Å². The molecule has 0 unspecified atom stereocenters. The van der Waals surface area contributed by atoms with E-state index in [2.05, 4.69) is 4.84 Å². The lowest BCUT2D eigenvalue weighted by Gasteiger charge is -2.16. The van der Waals surface area contributed by atoms with Crippen LogP contribution in [-0.2, 0) is 9.63 Å². The molecule has 0 saturated carbocycles. The van der Waals surface area contributed by atoms with Gasteiger partial charge in [0.15, 0.2) is 13.0 Å². The molecule has 136 valence electrons. The summed E-state index contributed by atoms with van der Waals surface area (Å²) in [6.45, 7) is -1.60. The van der Waals surface area contributed by atoms with Gasteiger partial charge in [-0.05, 0) is 12.1 Å². The number of fused-ring (bicyclic) bond motifs is 1. The summed E-state index contributed by atoms with van der Waals surface area (Å²) < 4.78 is 0. The van der Waals surface area contributed by atoms with Crippen molar-refractivity contribution < 1.29 is 39.0 Å². The number of carbonyl (C=O) groups excluding carboxylic acids is 4. The minimum atomic E-state index is -1.41. The summed E-state index contributed by atoms with van der Waals surface area (Å²) in [7, 11) is 1.16. The van der Waals surface area contributed by atoms with Crippen LogP contribution in [0.3, 0.4) is 0 Å². The van der Waals surface area contributed by atoms with Gasteiger partial charge in [0.1, 0.15) is 6.54 Å². The Kier molecular flexibility index (Phi) is 4.96. The molecule has 1 heterocycles. The minimum Gasteiger partial charge on any atom is -0.480 e. The smallest absolute Gasteiger partial charge is 0.323 e. The van der Waals surface area contributed by atoms with E-state index in [-0.39, 0.29) is 28.5 Å². The number of amides is 3. The number of hydrogen-bond acceptors (Lipinski definition) is 8. The lowest BCUT2D eigenvalue weighted by Crippen LogP contribution is -2.34. The predicted molar refractivity (Wildman–Crippen MR) is 79.9 cm³/mol. The van der Waals surface area contributed by atoms with Crippen LogP contribution in [0.4, 0.5) is 0 Å². The van der Waals surface area contributed by atoms with Gasteiger partial charge in [0, 0.05) is 12.6 Å². The van der Waals surface area contributed by atoms with E-state index in [0.717, 1.165) is 24.1 Å². The van der Waals surface area contributed by atoms with E-state index in [9.17, 15) is 34.1 Å². The zero-order valence-electron chi connectivity index (χ0n) is 13.2. The molecule has 1 aliphatic rings. The normalized spacial score (nSPS) is 12.6. The second-order valence-electron chi connectivity index (χ2n) is 5.18. The van der Waals surface area contributed by atoms with Crippen LogP contribution >= 0.6 is 0 Å². The number of hydrogen-bond donors (Lipinski definition) is 1. The van der Waals surface area contributed by atoms with E-state index in [4.69, 9.17) is 5.11 Å². The number of carbonyl (C=O) groups is 5. The number of carboxylic acids is 1. The Balaban J connectivity index is 2.42. The van der Waals surface area contributed by atoms with Crippen LogP contribution in [0.25, 0.3) is 0 Å². The first kappa shape index (κ1) is 18.5. The van der Waals surface area contributed by atoms with Gasteiger partial charge in [-0.25, -0.2) is 0 Å². The molecule has 0 spiro atoms. The zero-order valence-corrected chi connectivity index (χ0v) is 13.2. The molecule has 0 radical (unpaired) electrons. The van der Waals surface area contributed by atoms with Gasteiger partial charge >= 0.3 is 5.97 Å². The van der Waals surface area contributed by atoms with E-state index < -0.39 is 42.1 Å². The molecule has 3 amide bonds. The zero-order chi connectivity index (χ0) is 19.6. The van der Waals surface area contributed by atoms with Gasteiger partial charge in [-0.1, -0.05) is 0 Å². The maximum atomic E-state index is 12.3. The Morgan fingerprint density at radius 2 is 1.88 bits per heavy atom. The van der Waals surface area contributed by atoms with Gasteiger partial charge in [-0.15, -0.1) is 10.1 Å². The van der Waals surface area contributed by atoms with Gasteiger partial charge < -0.3 is 10.0 Å². The van der Waals surface area contributed by atoms with Crippen molar-refractivity contribution in [2.45, 2.75) is 0 Å². The summed E-state index contributed by atoms with van der Waals surface area (Å²) in [5, 5.41) is 17.9. The second kappa shape index (κ2) is 6.96. The number of aliphatic carboxylic acids is 1. The molecule has 0 aromatic heterocycles. The highest BCUT2D eigenvalue weighted by molar-refractivity contribution is 6.23. The van der Waals surface area contributed by atoms with Crippen LogP contribution in [-0.4, -0.2) is 70.3 Å². The highest BCUT2D eigenvalue weighted by Gasteiger charge is 2.38. The Hall–Kier alpha value is -3.83. The fraction of sp³-hybridized carbons (Fsp3) is 0.214. The van der Waals surface area contributed by atoms with Gasteiger partial charge in [0.05, 0.1) is 16.7 Å². The number of imide groups is 1. The van der Waals surface area contributed by atoms with Gasteiger partial charge in [-0.2, -0.15) is 0 Å². The second-order valence-corrected chi connectivity index (χ2v) is 5.18. The van der Waals surface area contributed by atoms with Gasteiger partial charge in [0.25, 0.3) is 22.8 Å². The van der Waals surface area contributed by atoms with Crippen molar-refractivity contribution in [1.82, 2.24) is 9.80 Å². The van der Waals surface area contributed by atoms with Crippen LogP contribution in [0.15, 0.2) is 12.1 Å². The lowest BCUT2D eigenvalue weighted by molar-refractivity contribution is -0.761. The molecule has 0 saturated heterocycles. The molecule has 12 heteroatoms. The first-order valence-corrected chi connectivity index (χ1v) is 6.91. The highest BCUT2D eigenvalue weighted by atomic mass is 17.0. The summed E-state index contributed by atoms with van der Waals surface area (Å²) in [4.78, 5) is 74.2. The van der Waals surface area contributed by atoms with Crippen molar-refractivity contribution in [3.63, 3.8) is 0 Å². The largest absolute Gasteiger partial charge is 0.480 e. The van der Waals surface area contributed by atoms with Gasteiger partial charge in [0.2, 0.25) is 0 Å². The summed E-state index contributed by atoms with van der Waals surface area (Å²) in [5.41, 5.74) is -0.973. The molecule has 0 bridgehead atoms. The Morgan fingerprint density at radius 3 is 2.38 bits per heavy atom. The monoisotopic (exact) mass is 365 g/mol. The average Bonchev–Trinajstić information content (AvgIpc) is 2.81. The fourth-order valence-electron chi connectivity index (χ4n) is 2.31. The molecule has 0 fully saturated rings. The summed E-state index contributed by atoms with van der Waals surface area (Å²) in [6.07, 6.45) is 0.271. The maximum absolute atomic E-state index is 12.3. The minimum absolute atomic E-state index is 0.209. The molecular weight excluding hydrogens is 354 g/mol. The maximum Gasteiger partial charge on any atom is 0.323 e. The molecule has 1 aliphatic heterocycles. The first-order valence-electron chi connectivity index (χ1n) is 6.91. The van der Waals surface area contributed by atoms with Crippen LogP contribution in [0.5, 0.6) is 0 Å². The third-order valence-electron chi connectivity index (χ3n) is 3.50. The quantitative estimate of drug-likeness (QED) is 0.219. The molecule has 1 aromatic carbocycles. The van der Waals surface area contributed by atoms with Crippen LogP contribution < -0.4 is 0 Å². The Morgan fingerprint density at radius 1 is 1.31 bits per heavy atom. The van der Waals surface area contributed by atoms with Crippen molar-refractivity contribution >= 4 is 30.0 Å². The van der Waals surface area contributed by atoms with E-state index in [0.29, 0.717) is 4.90 Å². The molecule has 0 atom stereocenters. The van der Waals surface area contributed by atoms with E-state index in [1.54, 1.807) is 0 Å². The molecule has 12 nitrogen and oxygen atoms in total. The lowest BCUT2D eigenvalue weighted by atomic mass is 9.99. The number of nitrogens with zero attached hydrogens (tertiary/aromatic N) is 3. The first-order chi connectivity index (χ1) is 12.2. The fourth-order valence-corrected chi connectivity index (χ4v) is 2.31. The molecule has 2 rings (SSSR count). The van der Waals surface area contributed by atoms with E-state index in [1.165, 1.54) is 0 Å². The number of benzene rings is 1. The summed E-state index contributed by atoms with van der Waals surface area (Å²) in [5.74, 6) is -4.11. The average molecular weight is 365 g/mol. The Labute approximate surface area is 144 Å². The van der Waals surface area contributed by atoms with Crippen molar-refractivity contribution in [2.24, 2.45) is 0 Å². The Bertz CT molecular complexity index is 848. The molecule has 26 heavy (non-hydrogen) atoms. The van der Waals surface area contributed by atoms with Crippen molar-refractivity contribution in [3.05, 3.63) is 44.5 Å². The standard InChI is InChI=1S/C14H11N3O9/c1-15(6-26-17(24)25)12(21)8-3-10-9(2-7(8)5-18)13(22)16(14(10)23)4-11(19)20/h2-3,5H,4,6H2,1H3,(H,19,20). The number of aldehydes is 1. The topological polar surface area (TPSA) is 164 Å². The third-order valence-corrected chi connectivity index (χ3v) is 3.50. The molecule has 1 aromatic rings. The molecule has 1 N–H and O–H groups in total. The molecular formula is C14H11N3O9. The SMILES string of the molecule is CN(CO[N+](=O)[O-])C(=O)c1cc2c(cc1C=O)C(=O)N(CC(=O)O)C2=O. The predicted octanol–water partition coefficient (Wildman–Crippen LogP) is -0.583. The van der Waals surface area contributed by atoms with Crippen molar-refractivity contribution in [3.8, 4) is 0 Å². The van der Waals surface area contributed by atoms with E-state index in [1.807, 2.05) is 0 Å².